The van der Waals surface area contributed by atoms with Crippen molar-refractivity contribution in [2.75, 3.05) is 25.6 Å². The van der Waals surface area contributed by atoms with Crippen LogP contribution >= 0.6 is 12.2 Å². The van der Waals surface area contributed by atoms with Crippen molar-refractivity contribution < 1.29 is 9.53 Å². The first kappa shape index (κ1) is 15.3. The molecule has 0 aliphatic carbocycles. The maximum absolute atomic E-state index is 11.7. The highest BCUT2D eigenvalue weighted by atomic mass is 32.1. The molecule has 0 fully saturated rings. The van der Waals surface area contributed by atoms with Gasteiger partial charge in [0.2, 0.25) is 5.91 Å². The standard InChI is InChI=1S/C12H18N4O2S/c1-8(12(17)15-5-6-18-2)16-10-7-9(11(13)19)3-4-14-10/h3-4,7-8H,5-6H2,1-2H3,(H2,13,19)(H,14,16)(H,15,17). The van der Waals surface area contributed by atoms with E-state index in [0.717, 1.165) is 0 Å². The molecular formula is C12H18N4O2S. The molecule has 1 heterocycles. The van der Waals surface area contributed by atoms with Gasteiger partial charge in [-0.3, -0.25) is 4.79 Å². The summed E-state index contributed by atoms with van der Waals surface area (Å²) in [6.45, 7) is 2.70. The van der Waals surface area contributed by atoms with Gasteiger partial charge < -0.3 is 21.1 Å². The number of anilines is 1. The lowest BCUT2D eigenvalue weighted by atomic mass is 10.2. The number of nitrogens with two attached hydrogens (primary N) is 1. The average Bonchev–Trinajstić information content (AvgIpc) is 2.39. The van der Waals surface area contributed by atoms with E-state index in [9.17, 15) is 4.79 Å². The van der Waals surface area contributed by atoms with E-state index in [1.54, 1.807) is 32.4 Å². The van der Waals surface area contributed by atoms with E-state index in [2.05, 4.69) is 15.6 Å². The number of thiocarbonyl (C=S) groups is 1. The van der Waals surface area contributed by atoms with Gasteiger partial charge in [-0.15, -0.1) is 0 Å². The molecule has 19 heavy (non-hydrogen) atoms. The molecule has 0 bridgehead atoms. The highest BCUT2D eigenvalue weighted by Gasteiger charge is 2.12. The zero-order valence-electron chi connectivity index (χ0n) is 11.0. The van der Waals surface area contributed by atoms with Gasteiger partial charge in [-0.25, -0.2) is 4.98 Å². The Hall–Kier alpha value is -1.73. The first-order valence-electron chi connectivity index (χ1n) is 5.83. The molecular weight excluding hydrogens is 264 g/mol. The summed E-state index contributed by atoms with van der Waals surface area (Å²) in [5, 5.41) is 5.72. The molecule has 0 aliphatic rings. The molecule has 0 spiro atoms. The topological polar surface area (TPSA) is 89.3 Å². The normalized spacial score (nSPS) is 11.7. The molecule has 1 atom stereocenters. The second kappa shape index (κ2) is 7.65. The fourth-order valence-corrected chi connectivity index (χ4v) is 1.51. The number of ether oxygens (including phenoxy) is 1. The summed E-state index contributed by atoms with van der Waals surface area (Å²) in [6.07, 6.45) is 1.59. The maximum Gasteiger partial charge on any atom is 0.242 e. The van der Waals surface area contributed by atoms with Gasteiger partial charge in [0.15, 0.2) is 0 Å². The van der Waals surface area contributed by atoms with Gasteiger partial charge in [0, 0.05) is 25.4 Å². The van der Waals surface area contributed by atoms with Crippen molar-refractivity contribution in [3.05, 3.63) is 23.9 Å². The number of carbonyl (C=O) groups excluding carboxylic acids is 1. The Balaban J connectivity index is 2.56. The summed E-state index contributed by atoms with van der Waals surface area (Å²) in [6, 6.07) is 3.02. The first-order valence-corrected chi connectivity index (χ1v) is 6.24. The van der Waals surface area contributed by atoms with Gasteiger partial charge in [-0.2, -0.15) is 0 Å². The third-order valence-corrected chi connectivity index (χ3v) is 2.64. The molecule has 1 amide bonds. The van der Waals surface area contributed by atoms with Crippen molar-refractivity contribution >= 4 is 28.9 Å². The number of methoxy groups -OCH3 is 1. The third-order valence-electron chi connectivity index (χ3n) is 2.41. The molecule has 0 saturated carbocycles. The van der Waals surface area contributed by atoms with Crippen LogP contribution in [0.3, 0.4) is 0 Å². The number of hydrogen-bond donors (Lipinski definition) is 3. The Bertz CT molecular complexity index is 453. The van der Waals surface area contributed by atoms with Gasteiger partial charge in [-0.1, -0.05) is 12.2 Å². The van der Waals surface area contributed by atoms with Crippen LogP contribution in [0.1, 0.15) is 12.5 Å². The van der Waals surface area contributed by atoms with Crippen LogP contribution in [0.2, 0.25) is 0 Å². The van der Waals surface area contributed by atoms with Crippen molar-refractivity contribution in [2.24, 2.45) is 5.73 Å². The predicted octanol–water partition coefficient (Wildman–Crippen LogP) is 0.279. The Morgan fingerprint density at radius 1 is 1.63 bits per heavy atom. The number of carbonyl (C=O) groups is 1. The number of nitrogens with zero attached hydrogens (tertiary/aromatic N) is 1. The fraction of sp³-hybridized carbons (Fsp3) is 0.417. The Morgan fingerprint density at radius 3 is 3.00 bits per heavy atom. The molecule has 104 valence electrons. The maximum atomic E-state index is 11.7. The van der Waals surface area contributed by atoms with E-state index in [0.29, 0.717) is 29.5 Å². The average molecular weight is 282 g/mol. The van der Waals surface area contributed by atoms with Crippen molar-refractivity contribution in [3.8, 4) is 0 Å². The second-order valence-corrected chi connectivity index (χ2v) is 4.38. The molecule has 0 saturated heterocycles. The van der Waals surface area contributed by atoms with Crippen molar-refractivity contribution in [3.63, 3.8) is 0 Å². The smallest absolute Gasteiger partial charge is 0.242 e. The van der Waals surface area contributed by atoms with Crippen LogP contribution < -0.4 is 16.4 Å². The lowest BCUT2D eigenvalue weighted by molar-refractivity contribution is -0.121. The van der Waals surface area contributed by atoms with Gasteiger partial charge in [0.1, 0.15) is 16.8 Å². The SMILES string of the molecule is COCCNC(=O)C(C)Nc1cc(C(N)=S)ccn1. The highest BCUT2D eigenvalue weighted by molar-refractivity contribution is 7.80. The van der Waals surface area contributed by atoms with Crippen LogP contribution in [0.25, 0.3) is 0 Å². The first-order chi connectivity index (χ1) is 9.04. The Labute approximate surface area is 117 Å². The summed E-state index contributed by atoms with van der Waals surface area (Å²) < 4.78 is 4.86. The molecule has 6 nitrogen and oxygen atoms in total. The number of aromatic nitrogens is 1. The Morgan fingerprint density at radius 2 is 2.37 bits per heavy atom. The highest BCUT2D eigenvalue weighted by Crippen LogP contribution is 2.08. The molecule has 1 rings (SSSR count). The molecule has 4 N–H and O–H groups in total. The van der Waals surface area contributed by atoms with Gasteiger partial charge in [-0.05, 0) is 19.1 Å². The quantitative estimate of drug-likeness (QED) is 0.492. The minimum Gasteiger partial charge on any atom is -0.389 e. The minimum absolute atomic E-state index is 0.125. The van der Waals surface area contributed by atoms with Crippen LogP contribution in [0.5, 0.6) is 0 Å². The van der Waals surface area contributed by atoms with Crippen molar-refractivity contribution in [1.82, 2.24) is 10.3 Å². The predicted molar refractivity (Wildman–Crippen MR) is 78.1 cm³/mol. The van der Waals surface area contributed by atoms with E-state index in [-0.39, 0.29) is 5.91 Å². The molecule has 1 aromatic heterocycles. The largest absolute Gasteiger partial charge is 0.389 e. The number of amides is 1. The molecule has 7 heteroatoms. The van der Waals surface area contributed by atoms with E-state index in [4.69, 9.17) is 22.7 Å². The van der Waals surface area contributed by atoms with Crippen LogP contribution in [-0.4, -0.2) is 42.2 Å². The second-order valence-electron chi connectivity index (χ2n) is 3.94. The third kappa shape index (κ3) is 5.19. The number of nitrogens with one attached hydrogen (secondary N) is 2. The summed E-state index contributed by atoms with van der Waals surface area (Å²) in [5.74, 6) is 0.430. The van der Waals surface area contributed by atoms with Gasteiger partial charge >= 0.3 is 0 Å². The fourth-order valence-electron chi connectivity index (χ4n) is 1.38. The summed E-state index contributed by atoms with van der Waals surface area (Å²) in [5.41, 5.74) is 6.24. The molecule has 1 unspecified atom stereocenters. The molecule has 0 aromatic carbocycles. The zero-order chi connectivity index (χ0) is 14.3. The van der Waals surface area contributed by atoms with Crippen LogP contribution in [0, 0.1) is 0 Å². The number of rotatable bonds is 7. The molecule has 0 radical (unpaired) electrons. The lowest BCUT2D eigenvalue weighted by Crippen LogP contribution is -2.39. The zero-order valence-corrected chi connectivity index (χ0v) is 11.8. The van der Waals surface area contributed by atoms with E-state index in [1.165, 1.54) is 0 Å². The van der Waals surface area contributed by atoms with Crippen molar-refractivity contribution in [2.45, 2.75) is 13.0 Å². The van der Waals surface area contributed by atoms with E-state index in [1.807, 2.05) is 0 Å². The summed E-state index contributed by atoms with van der Waals surface area (Å²) in [4.78, 5) is 16.1. The van der Waals surface area contributed by atoms with E-state index >= 15 is 0 Å². The molecule has 1 aromatic rings. The van der Waals surface area contributed by atoms with Crippen LogP contribution in [0.4, 0.5) is 5.82 Å². The number of pyridine rings is 1. The lowest BCUT2D eigenvalue weighted by Gasteiger charge is -2.14. The molecule has 0 aliphatic heterocycles. The Kier molecular flexibility index (Phi) is 6.17. The van der Waals surface area contributed by atoms with Crippen LogP contribution in [0.15, 0.2) is 18.3 Å². The summed E-state index contributed by atoms with van der Waals surface area (Å²) in [7, 11) is 1.58. The van der Waals surface area contributed by atoms with E-state index < -0.39 is 6.04 Å². The van der Waals surface area contributed by atoms with Crippen molar-refractivity contribution in [1.29, 1.82) is 0 Å². The minimum atomic E-state index is -0.411. The van der Waals surface area contributed by atoms with Gasteiger partial charge in [0.05, 0.1) is 6.61 Å². The van der Waals surface area contributed by atoms with Crippen LogP contribution in [-0.2, 0) is 9.53 Å². The summed E-state index contributed by atoms with van der Waals surface area (Å²) >= 11 is 4.89. The number of hydrogen-bond acceptors (Lipinski definition) is 5. The van der Waals surface area contributed by atoms with Gasteiger partial charge in [0.25, 0.3) is 0 Å². The monoisotopic (exact) mass is 282 g/mol.